The summed E-state index contributed by atoms with van der Waals surface area (Å²) in [5, 5.41) is 37.2. The highest BCUT2D eigenvalue weighted by Gasteiger charge is 2.29. The van der Waals surface area contributed by atoms with Gasteiger partial charge in [-0.05, 0) is 37.6 Å². The van der Waals surface area contributed by atoms with E-state index in [2.05, 4.69) is 41.2 Å². The Labute approximate surface area is 269 Å². The van der Waals surface area contributed by atoms with Crippen LogP contribution in [0.3, 0.4) is 0 Å². The predicted molar refractivity (Wildman–Crippen MR) is 163 cm³/mol. The van der Waals surface area contributed by atoms with Gasteiger partial charge in [0.05, 0.1) is 37.3 Å². The number of carbonyl (C=O) groups excluding carboxylic acids is 4. The van der Waals surface area contributed by atoms with Gasteiger partial charge in [0.2, 0.25) is 17.8 Å². The number of nitrogens with two attached hydrogens (primary N) is 1. The molecule has 3 atom stereocenters. The molecule has 0 aliphatic rings. The van der Waals surface area contributed by atoms with Crippen molar-refractivity contribution in [1.29, 1.82) is 0 Å². The van der Waals surface area contributed by atoms with Gasteiger partial charge in [-0.25, -0.2) is 14.8 Å². The van der Waals surface area contributed by atoms with Crippen LogP contribution in [0.1, 0.15) is 48.7 Å². The Bertz CT molecular complexity index is 1790. The fraction of sp³-hybridized carbons (Fsp3) is 0.321. The summed E-state index contributed by atoms with van der Waals surface area (Å²) in [5.41, 5.74) is 6.06. The second-order valence-electron chi connectivity index (χ2n) is 10.3. The molecule has 3 rings (SSSR count). The molecule has 2 heterocycles. The van der Waals surface area contributed by atoms with E-state index in [1.54, 1.807) is 0 Å². The molecule has 20 nitrogen and oxygen atoms in total. The second-order valence-corrected chi connectivity index (χ2v) is 10.3. The van der Waals surface area contributed by atoms with Crippen LogP contribution in [-0.4, -0.2) is 94.8 Å². The van der Waals surface area contributed by atoms with Crippen LogP contribution >= 0.6 is 0 Å². The maximum Gasteiger partial charge on any atom is 0.326 e. The second kappa shape index (κ2) is 16.2. The van der Waals surface area contributed by atoms with Crippen LogP contribution in [0.15, 0.2) is 35.3 Å². The van der Waals surface area contributed by atoms with E-state index in [0.717, 1.165) is 6.92 Å². The van der Waals surface area contributed by atoms with Gasteiger partial charge in [-0.1, -0.05) is 0 Å². The minimum absolute atomic E-state index is 0.00217. The van der Waals surface area contributed by atoms with Crippen molar-refractivity contribution in [3.05, 3.63) is 52.1 Å². The molecule has 0 saturated heterocycles. The quantitative estimate of drug-likeness (QED) is 0.0779. The third kappa shape index (κ3) is 10.6. The number of aromatic nitrogens is 4. The topological polar surface area (TPSA) is 326 Å². The molecular weight excluding hydrogens is 638 g/mol. The van der Waals surface area contributed by atoms with Gasteiger partial charge in [0, 0.05) is 17.7 Å². The number of anilines is 2. The minimum atomic E-state index is -1.71. The molecule has 1 aromatic carbocycles. The normalized spacial score (nSPS) is 12.6. The number of carbonyl (C=O) groups is 7. The summed E-state index contributed by atoms with van der Waals surface area (Å²) in [4.78, 5) is 110. The number of nitrogens with zero attached hydrogens (tertiary/aromatic N) is 3. The van der Waals surface area contributed by atoms with Gasteiger partial charge in [0.15, 0.2) is 16.9 Å². The smallest absolute Gasteiger partial charge is 0.326 e. The molecule has 0 fully saturated rings. The van der Waals surface area contributed by atoms with Crippen LogP contribution in [0.2, 0.25) is 0 Å². The molecule has 0 aliphatic carbocycles. The number of amides is 3. The zero-order valence-electron chi connectivity index (χ0n) is 25.2. The van der Waals surface area contributed by atoms with Gasteiger partial charge < -0.3 is 42.3 Å². The van der Waals surface area contributed by atoms with Crippen molar-refractivity contribution in [2.45, 2.75) is 57.3 Å². The Morgan fingerprint density at radius 3 is 2.12 bits per heavy atom. The van der Waals surface area contributed by atoms with Crippen LogP contribution in [0.25, 0.3) is 11.2 Å². The van der Waals surface area contributed by atoms with E-state index in [4.69, 9.17) is 15.9 Å². The molecule has 3 amide bonds. The first-order chi connectivity index (χ1) is 22.6. The van der Waals surface area contributed by atoms with E-state index >= 15 is 0 Å². The summed E-state index contributed by atoms with van der Waals surface area (Å²) >= 11 is 0. The molecular formula is C28H31N9O11. The van der Waals surface area contributed by atoms with Crippen molar-refractivity contribution < 1.29 is 48.9 Å². The number of rotatable bonds is 17. The maximum absolute atomic E-state index is 12.7. The maximum atomic E-state index is 12.7. The molecule has 2 aromatic heterocycles. The van der Waals surface area contributed by atoms with Gasteiger partial charge in [0.25, 0.3) is 11.5 Å². The van der Waals surface area contributed by atoms with E-state index in [-0.39, 0.29) is 29.2 Å². The fourth-order valence-electron chi connectivity index (χ4n) is 4.16. The van der Waals surface area contributed by atoms with Crippen molar-refractivity contribution >= 4 is 64.2 Å². The first-order valence-electron chi connectivity index (χ1n) is 14.1. The van der Waals surface area contributed by atoms with E-state index in [1.165, 1.54) is 30.5 Å². The molecule has 1 unspecified atom stereocenters. The van der Waals surface area contributed by atoms with E-state index in [0.29, 0.717) is 11.4 Å². The summed E-state index contributed by atoms with van der Waals surface area (Å²) in [7, 11) is 0. The van der Waals surface area contributed by atoms with Gasteiger partial charge in [-0.2, -0.15) is 4.98 Å². The number of benzene rings is 1. The first kappa shape index (κ1) is 36.0. The molecule has 3 aromatic rings. The number of hydrogen-bond acceptors (Lipinski definition) is 13. The summed E-state index contributed by atoms with van der Waals surface area (Å²) < 4.78 is 0. The Hall–Kier alpha value is -6.47. The lowest BCUT2D eigenvalue weighted by molar-refractivity contribution is -0.143. The lowest BCUT2D eigenvalue weighted by Gasteiger charge is -2.21. The van der Waals surface area contributed by atoms with Gasteiger partial charge in [-0.3, -0.25) is 38.5 Å². The highest BCUT2D eigenvalue weighted by Crippen LogP contribution is 2.12. The molecule has 0 radical (unpaired) electrons. The number of H-pyrrole nitrogens is 1. The molecule has 0 aliphatic heterocycles. The molecule has 10 N–H and O–H groups in total. The number of nitrogen functional groups attached to an aromatic ring is 1. The van der Waals surface area contributed by atoms with Crippen molar-refractivity contribution in [2.24, 2.45) is 0 Å². The number of carboxylic acids is 3. The Morgan fingerprint density at radius 2 is 1.52 bits per heavy atom. The fourth-order valence-corrected chi connectivity index (χ4v) is 4.16. The first-order valence-corrected chi connectivity index (χ1v) is 14.1. The number of nitrogens with one attached hydrogen (secondary N) is 5. The minimum Gasteiger partial charge on any atom is -0.481 e. The summed E-state index contributed by atoms with van der Waals surface area (Å²) in [6.45, 7) is 1.17. The highest BCUT2D eigenvalue weighted by molar-refractivity contribution is 5.97. The molecule has 48 heavy (non-hydrogen) atoms. The Balaban J connectivity index is 1.56. The van der Waals surface area contributed by atoms with Crippen LogP contribution in [0.4, 0.5) is 11.6 Å². The molecule has 0 spiro atoms. The van der Waals surface area contributed by atoms with Crippen molar-refractivity contribution in [1.82, 2.24) is 35.9 Å². The monoisotopic (exact) mass is 669 g/mol. The lowest BCUT2D eigenvalue weighted by atomic mass is 10.1. The third-order valence-corrected chi connectivity index (χ3v) is 6.59. The standard InChI is InChI=1S/C28H31N9O11/c1-12(38)17(8-20(40)41)35-25(45)18(9-21(42)43)33-19(39)7-6-16(27(47)48)34-24(44)13-2-4-14(5-3-13)30-10-15-11-31-23-22(32-15)26(46)37-28(29)36-23/h2-5,11,16-18,30H,6-10H2,1H3,(H,33,39)(H,34,44)(H,35,45)(H,40,41)(H,42,43)(H,47,48)(H3,29,31,36,37,46)/t16-,17-,18?/m0/s1. The van der Waals surface area contributed by atoms with Crippen molar-refractivity contribution in [3.8, 4) is 0 Å². The Morgan fingerprint density at radius 1 is 0.875 bits per heavy atom. The Kier molecular flexibility index (Phi) is 12.1. The van der Waals surface area contributed by atoms with Gasteiger partial charge >= 0.3 is 17.9 Å². The summed E-state index contributed by atoms with van der Waals surface area (Å²) in [6.07, 6.45) is -1.28. The number of carboxylic acid groups (broad SMARTS) is 3. The molecule has 254 valence electrons. The lowest BCUT2D eigenvalue weighted by Crippen LogP contribution is -2.52. The number of fused-ring (bicyclic) bond motifs is 1. The molecule has 0 saturated carbocycles. The molecule has 0 bridgehead atoms. The number of ketones is 1. The SMILES string of the molecule is CC(=O)[C@H](CC(=O)O)NC(=O)C(CC(=O)O)NC(=O)CC[C@H](NC(=O)c1ccc(NCc2cnc3nc(N)[nH]c(=O)c3n2)cc1)C(=O)O. The number of hydrogen-bond donors (Lipinski definition) is 9. The highest BCUT2D eigenvalue weighted by atomic mass is 16.4. The van der Waals surface area contributed by atoms with E-state index in [9.17, 15) is 43.5 Å². The number of Topliss-reactive ketones (excluding diaryl/α,β-unsaturated/α-hetero) is 1. The predicted octanol–water partition coefficient (Wildman–Crippen LogP) is -1.62. The largest absolute Gasteiger partial charge is 0.481 e. The van der Waals surface area contributed by atoms with E-state index in [1.807, 2.05) is 0 Å². The average molecular weight is 670 g/mol. The van der Waals surface area contributed by atoms with Crippen LogP contribution in [-0.2, 0) is 35.3 Å². The number of aromatic amines is 1. The van der Waals surface area contributed by atoms with Gasteiger partial charge in [-0.15, -0.1) is 0 Å². The third-order valence-electron chi connectivity index (χ3n) is 6.59. The van der Waals surface area contributed by atoms with Crippen molar-refractivity contribution in [2.75, 3.05) is 11.1 Å². The summed E-state index contributed by atoms with van der Waals surface area (Å²) in [5.74, 6) is -8.02. The van der Waals surface area contributed by atoms with Gasteiger partial charge in [0.1, 0.15) is 12.1 Å². The zero-order valence-corrected chi connectivity index (χ0v) is 25.2. The average Bonchev–Trinajstić information content (AvgIpc) is 3.00. The van der Waals surface area contributed by atoms with Crippen LogP contribution in [0.5, 0.6) is 0 Å². The van der Waals surface area contributed by atoms with E-state index < -0.39 is 90.8 Å². The zero-order chi connectivity index (χ0) is 35.5. The summed E-state index contributed by atoms with van der Waals surface area (Å²) in [6, 6.07) is 1.14. The van der Waals surface area contributed by atoms with Crippen LogP contribution < -0.4 is 32.6 Å². The molecule has 20 heteroatoms. The number of aliphatic carboxylic acids is 3. The van der Waals surface area contributed by atoms with Crippen LogP contribution in [0, 0.1) is 0 Å². The van der Waals surface area contributed by atoms with Crippen molar-refractivity contribution in [3.63, 3.8) is 0 Å².